The van der Waals surface area contributed by atoms with Crippen molar-refractivity contribution in [1.29, 1.82) is 0 Å². The van der Waals surface area contributed by atoms with Crippen LogP contribution in [0.1, 0.15) is 77.5 Å². The third-order valence-corrected chi connectivity index (χ3v) is 5.24. The minimum atomic E-state index is -0.877. The van der Waals surface area contributed by atoms with Gasteiger partial charge in [0.15, 0.2) is 0 Å². The van der Waals surface area contributed by atoms with Gasteiger partial charge in [-0.15, -0.1) is 0 Å². The van der Waals surface area contributed by atoms with Gasteiger partial charge < -0.3 is 20.6 Å². The van der Waals surface area contributed by atoms with Gasteiger partial charge in [0, 0.05) is 5.92 Å². The number of aliphatic carboxylic acids is 2. The molecule has 2 unspecified atom stereocenters. The van der Waals surface area contributed by atoms with Crippen LogP contribution < -0.4 is 5.32 Å². The molecule has 3 atom stereocenters. The van der Waals surface area contributed by atoms with Crippen molar-refractivity contribution < 1.29 is 24.9 Å². The molecule has 7 heteroatoms. The molecule has 2 rings (SSSR count). The van der Waals surface area contributed by atoms with Gasteiger partial charge in [0.25, 0.3) is 0 Å². The van der Waals surface area contributed by atoms with Crippen LogP contribution in [-0.4, -0.2) is 45.1 Å². The van der Waals surface area contributed by atoms with Crippen molar-refractivity contribution in [3.63, 3.8) is 0 Å². The van der Waals surface area contributed by atoms with E-state index in [4.69, 9.17) is 5.11 Å². The highest BCUT2D eigenvalue weighted by atomic mass is 32.1. The lowest BCUT2D eigenvalue weighted by Gasteiger charge is -2.29. The molecule has 0 amide bonds. The molecule has 1 aromatic rings. The Morgan fingerprint density at radius 3 is 1.79 bits per heavy atom. The van der Waals surface area contributed by atoms with E-state index in [1.165, 1.54) is 6.92 Å². The summed E-state index contributed by atoms with van der Waals surface area (Å²) in [6, 6.07) is 3.44. The highest BCUT2D eigenvalue weighted by molar-refractivity contribution is 7.81. The standard InChI is InChI=1S/C19H29NO3.C3H6O2S/c1-18(2,3)13-9-11(10-14(16(13)21)19(4,5)6)12-7-8-20-15(12)17(22)23;1-2(6)3(4)5/h9-10,12,15,20-21H,7-8H2,1-6H3,(H,22,23);2,6H,1H3,(H,4,5)/t12?,15-;/m0./s1. The van der Waals surface area contributed by atoms with Crippen LogP contribution in [0.3, 0.4) is 0 Å². The third-order valence-electron chi connectivity index (χ3n) is 5.02. The fourth-order valence-electron chi connectivity index (χ4n) is 3.34. The Hall–Kier alpha value is -1.73. The highest BCUT2D eigenvalue weighted by Crippen LogP contribution is 2.42. The van der Waals surface area contributed by atoms with E-state index >= 15 is 0 Å². The average Bonchev–Trinajstić information content (AvgIpc) is 3.03. The summed E-state index contributed by atoms with van der Waals surface area (Å²) < 4.78 is 0. The number of hydrogen-bond donors (Lipinski definition) is 5. The van der Waals surface area contributed by atoms with Crippen molar-refractivity contribution >= 4 is 24.6 Å². The van der Waals surface area contributed by atoms with Crippen LogP contribution in [0.15, 0.2) is 12.1 Å². The van der Waals surface area contributed by atoms with Crippen molar-refractivity contribution in [2.45, 2.75) is 82.9 Å². The zero-order chi connectivity index (χ0) is 22.7. The molecule has 6 nitrogen and oxygen atoms in total. The fourth-order valence-corrected chi connectivity index (χ4v) is 3.34. The van der Waals surface area contributed by atoms with Crippen LogP contribution in [0, 0.1) is 0 Å². The van der Waals surface area contributed by atoms with Crippen LogP contribution in [-0.2, 0) is 20.4 Å². The molecule has 29 heavy (non-hydrogen) atoms. The first-order chi connectivity index (χ1) is 13.1. The number of nitrogens with one attached hydrogen (secondary N) is 1. The summed E-state index contributed by atoms with van der Waals surface area (Å²) in [5.41, 5.74) is 2.37. The van der Waals surface area contributed by atoms with E-state index in [9.17, 15) is 19.8 Å². The molecular weight excluding hydrogens is 390 g/mol. The van der Waals surface area contributed by atoms with E-state index in [0.29, 0.717) is 12.3 Å². The number of carboxylic acids is 2. The molecule has 0 saturated carbocycles. The molecular formula is C22H35NO5S. The Morgan fingerprint density at radius 1 is 1.07 bits per heavy atom. The minimum Gasteiger partial charge on any atom is -0.507 e. The van der Waals surface area contributed by atoms with Crippen molar-refractivity contribution in [1.82, 2.24) is 5.32 Å². The Morgan fingerprint density at radius 2 is 1.48 bits per heavy atom. The molecule has 1 aliphatic rings. The summed E-state index contributed by atoms with van der Waals surface area (Å²) in [4.78, 5) is 21.1. The summed E-state index contributed by atoms with van der Waals surface area (Å²) in [6.07, 6.45) is 0.801. The largest absolute Gasteiger partial charge is 0.507 e. The summed E-state index contributed by atoms with van der Waals surface area (Å²) in [5.74, 6) is -1.41. The van der Waals surface area contributed by atoms with Gasteiger partial charge in [-0.3, -0.25) is 9.59 Å². The van der Waals surface area contributed by atoms with Gasteiger partial charge in [-0.1, -0.05) is 53.7 Å². The summed E-state index contributed by atoms with van der Waals surface area (Å²) in [7, 11) is 0. The smallest absolute Gasteiger partial charge is 0.321 e. The van der Waals surface area contributed by atoms with Gasteiger partial charge in [-0.2, -0.15) is 12.6 Å². The fraction of sp³-hybridized carbons (Fsp3) is 0.636. The molecule has 0 radical (unpaired) electrons. The van der Waals surface area contributed by atoms with Crippen LogP contribution in [0.2, 0.25) is 0 Å². The number of rotatable bonds is 3. The van der Waals surface area contributed by atoms with Crippen LogP contribution in [0.5, 0.6) is 5.75 Å². The summed E-state index contributed by atoms with van der Waals surface area (Å²) >= 11 is 3.59. The molecule has 0 spiro atoms. The highest BCUT2D eigenvalue weighted by Gasteiger charge is 2.36. The first-order valence-corrected chi connectivity index (χ1v) is 10.3. The second-order valence-corrected chi connectivity index (χ2v) is 10.4. The quantitative estimate of drug-likeness (QED) is 0.470. The number of thiol groups is 1. The Balaban J connectivity index is 0.000000612. The normalized spacial score (nSPS) is 20.6. The summed E-state index contributed by atoms with van der Waals surface area (Å²) in [5, 5.41) is 30.7. The van der Waals surface area contributed by atoms with Gasteiger partial charge in [-0.25, -0.2) is 0 Å². The number of phenols is 1. The molecule has 164 valence electrons. The number of phenolic OH excluding ortho intramolecular Hbond substituents is 1. The number of hydrogen-bond acceptors (Lipinski definition) is 5. The maximum Gasteiger partial charge on any atom is 0.321 e. The number of carboxylic acid groups (broad SMARTS) is 2. The van der Waals surface area contributed by atoms with Gasteiger partial charge in [-0.05, 0) is 47.4 Å². The zero-order valence-electron chi connectivity index (χ0n) is 18.4. The Bertz CT molecular complexity index is 712. The van der Waals surface area contributed by atoms with Crippen molar-refractivity contribution in [2.75, 3.05) is 6.54 Å². The van der Waals surface area contributed by atoms with E-state index < -0.39 is 23.2 Å². The maximum atomic E-state index is 11.5. The molecule has 0 bridgehead atoms. The van der Waals surface area contributed by atoms with Gasteiger partial charge in [0.1, 0.15) is 11.8 Å². The zero-order valence-corrected chi connectivity index (χ0v) is 19.3. The minimum absolute atomic E-state index is 0.0599. The lowest BCUT2D eigenvalue weighted by Crippen LogP contribution is -2.34. The molecule has 4 N–H and O–H groups in total. The monoisotopic (exact) mass is 425 g/mol. The first-order valence-electron chi connectivity index (χ1n) is 9.82. The topological polar surface area (TPSA) is 107 Å². The van der Waals surface area contributed by atoms with Crippen LogP contribution in [0.25, 0.3) is 0 Å². The van der Waals surface area contributed by atoms with Gasteiger partial charge in [0.05, 0.1) is 5.25 Å². The van der Waals surface area contributed by atoms with E-state index in [1.807, 2.05) is 12.1 Å². The molecule has 1 fully saturated rings. The lowest BCUT2D eigenvalue weighted by molar-refractivity contribution is -0.139. The molecule has 1 heterocycles. The van der Waals surface area contributed by atoms with E-state index in [1.54, 1.807) is 0 Å². The predicted molar refractivity (Wildman–Crippen MR) is 118 cm³/mol. The predicted octanol–water partition coefficient (Wildman–Crippen LogP) is 3.91. The molecule has 1 aliphatic heterocycles. The SMILES string of the molecule is CC(C)(C)c1cc(C2CCN[C@@H]2C(=O)O)cc(C(C)(C)C)c1O.CC(S)C(=O)O. The lowest BCUT2D eigenvalue weighted by atomic mass is 9.76. The molecule has 1 aromatic carbocycles. The van der Waals surface area contributed by atoms with Crippen LogP contribution >= 0.6 is 12.6 Å². The third kappa shape index (κ3) is 6.64. The first kappa shape index (κ1) is 25.3. The number of aromatic hydroxyl groups is 1. The van der Waals surface area contributed by atoms with E-state index in [0.717, 1.165) is 23.1 Å². The van der Waals surface area contributed by atoms with Crippen molar-refractivity contribution in [3.05, 3.63) is 28.8 Å². The van der Waals surface area contributed by atoms with Crippen LogP contribution in [0.4, 0.5) is 0 Å². The Labute approximate surface area is 179 Å². The Kier molecular flexibility index (Phi) is 8.19. The van der Waals surface area contributed by atoms with E-state index in [2.05, 4.69) is 59.5 Å². The van der Waals surface area contributed by atoms with Gasteiger partial charge >= 0.3 is 11.9 Å². The average molecular weight is 426 g/mol. The number of carbonyl (C=O) groups is 2. The maximum absolute atomic E-state index is 11.5. The molecule has 1 saturated heterocycles. The summed E-state index contributed by atoms with van der Waals surface area (Å²) in [6.45, 7) is 14.6. The van der Waals surface area contributed by atoms with E-state index in [-0.39, 0.29) is 16.7 Å². The van der Waals surface area contributed by atoms with Gasteiger partial charge in [0.2, 0.25) is 0 Å². The molecule has 0 aromatic heterocycles. The molecule has 0 aliphatic carbocycles. The number of benzene rings is 1. The second kappa shape index (κ2) is 9.39. The second-order valence-electron chi connectivity index (χ2n) is 9.64. The van der Waals surface area contributed by atoms with Crippen molar-refractivity contribution in [3.8, 4) is 5.75 Å². The van der Waals surface area contributed by atoms with Crippen molar-refractivity contribution in [2.24, 2.45) is 0 Å².